The standard InChI is InChI=1S/C14H12/c1-3-7-11-10-12-8-5-6-9-14(12)13(11)4-2/h2-3,5-9H,10H2,1H3/b7-3-. The SMILES string of the molecule is C#CC1=C(/C=C\C)Cc2ccccc21. The van der Waals surface area contributed by atoms with Crippen molar-refractivity contribution >= 4 is 5.57 Å². The Balaban J connectivity index is 2.55. The number of benzene rings is 1. The van der Waals surface area contributed by atoms with Crippen LogP contribution in [-0.2, 0) is 6.42 Å². The smallest absolute Gasteiger partial charge is 0.0353 e. The van der Waals surface area contributed by atoms with Crippen molar-refractivity contribution < 1.29 is 0 Å². The van der Waals surface area contributed by atoms with E-state index in [9.17, 15) is 0 Å². The van der Waals surface area contributed by atoms with Gasteiger partial charge in [-0.2, -0.15) is 0 Å². The Hall–Kier alpha value is -1.74. The summed E-state index contributed by atoms with van der Waals surface area (Å²) in [4.78, 5) is 0. The minimum Gasteiger partial charge on any atom is -0.115 e. The Morgan fingerprint density at radius 2 is 2.14 bits per heavy atom. The first-order valence-electron chi connectivity index (χ1n) is 4.77. The predicted octanol–water partition coefficient (Wildman–Crippen LogP) is 3.21. The summed E-state index contributed by atoms with van der Waals surface area (Å²) in [6.07, 6.45) is 10.6. The quantitative estimate of drug-likeness (QED) is 0.582. The fourth-order valence-electron chi connectivity index (χ4n) is 1.90. The van der Waals surface area contributed by atoms with Gasteiger partial charge in [-0.15, -0.1) is 6.42 Å². The lowest BCUT2D eigenvalue weighted by Gasteiger charge is -1.97. The van der Waals surface area contributed by atoms with Crippen LogP contribution in [0.15, 0.2) is 42.0 Å². The van der Waals surface area contributed by atoms with Crippen molar-refractivity contribution in [1.29, 1.82) is 0 Å². The molecule has 0 nitrogen and oxygen atoms in total. The molecule has 1 aliphatic rings. The summed E-state index contributed by atoms with van der Waals surface area (Å²) < 4.78 is 0. The number of fused-ring (bicyclic) bond motifs is 1. The van der Waals surface area contributed by atoms with Crippen molar-refractivity contribution in [2.24, 2.45) is 0 Å². The number of hydrogen-bond donors (Lipinski definition) is 0. The maximum absolute atomic E-state index is 5.53. The second kappa shape index (κ2) is 3.55. The van der Waals surface area contributed by atoms with E-state index in [-0.39, 0.29) is 0 Å². The van der Waals surface area contributed by atoms with Gasteiger partial charge in [0.15, 0.2) is 0 Å². The first kappa shape index (κ1) is 8.84. The second-order valence-corrected chi connectivity index (χ2v) is 3.38. The van der Waals surface area contributed by atoms with Crippen LogP contribution in [0.2, 0.25) is 0 Å². The molecule has 2 rings (SSSR count). The van der Waals surface area contributed by atoms with Crippen molar-refractivity contribution in [1.82, 2.24) is 0 Å². The maximum Gasteiger partial charge on any atom is 0.0353 e. The highest BCUT2D eigenvalue weighted by molar-refractivity contribution is 5.87. The van der Waals surface area contributed by atoms with Gasteiger partial charge in [-0.1, -0.05) is 42.3 Å². The van der Waals surface area contributed by atoms with E-state index >= 15 is 0 Å². The van der Waals surface area contributed by atoms with E-state index in [4.69, 9.17) is 6.42 Å². The molecule has 1 aliphatic carbocycles. The number of rotatable bonds is 1. The topological polar surface area (TPSA) is 0 Å². The van der Waals surface area contributed by atoms with Gasteiger partial charge >= 0.3 is 0 Å². The fraction of sp³-hybridized carbons (Fsp3) is 0.143. The molecule has 0 radical (unpaired) electrons. The molecule has 0 atom stereocenters. The zero-order valence-electron chi connectivity index (χ0n) is 8.25. The molecular weight excluding hydrogens is 168 g/mol. The molecular formula is C14H12. The van der Waals surface area contributed by atoms with Gasteiger partial charge < -0.3 is 0 Å². The third-order valence-corrected chi connectivity index (χ3v) is 2.50. The molecule has 0 unspecified atom stereocenters. The Labute approximate surface area is 85.0 Å². The molecule has 0 aliphatic heterocycles. The second-order valence-electron chi connectivity index (χ2n) is 3.38. The van der Waals surface area contributed by atoms with Crippen molar-refractivity contribution in [3.05, 3.63) is 53.1 Å². The highest BCUT2D eigenvalue weighted by Gasteiger charge is 2.17. The summed E-state index contributed by atoms with van der Waals surface area (Å²) >= 11 is 0. The Morgan fingerprint density at radius 1 is 1.36 bits per heavy atom. The molecule has 0 bridgehead atoms. The third kappa shape index (κ3) is 1.28. The Morgan fingerprint density at radius 3 is 2.86 bits per heavy atom. The molecule has 68 valence electrons. The number of hydrogen-bond acceptors (Lipinski definition) is 0. The van der Waals surface area contributed by atoms with E-state index in [2.05, 4.69) is 30.2 Å². The Bertz CT molecular complexity index is 453. The summed E-state index contributed by atoms with van der Waals surface area (Å²) in [6.45, 7) is 2.02. The van der Waals surface area contributed by atoms with E-state index in [1.54, 1.807) is 0 Å². The average molecular weight is 180 g/mol. The summed E-state index contributed by atoms with van der Waals surface area (Å²) in [5.74, 6) is 2.78. The van der Waals surface area contributed by atoms with Gasteiger partial charge in [0.2, 0.25) is 0 Å². The van der Waals surface area contributed by atoms with Crippen molar-refractivity contribution in [2.45, 2.75) is 13.3 Å². The van der Waals surface area contributed by atoms with Gasteiger partial charge in [-0.3, -0.25) is 0 Å². The molecule has 0 aromatic heterocycles. The van der Waals surface area contributed by atoms with Crippen LogP contribution in [-0.4, -0.2) is 0 Å². The lowest BCUT2D eigenvalue weighted by atomic mass is 10.1. The van der Waals surface area contributed by atoms with Gasteiger partial charge in [0.1, 0.15) is 0 Å². The highest BCUT2D eigenvalue weighted by atomic mass is 14.2. The van der Waals surface area contributed by atoms with Gasteiger partial charge in [0.05, 0.1) is 0 Å². The molecule has 0 spiro atoms. The molecule has 0 heteroatoms. The zero-order valence-corrected chi connectivity index (χ0v) is 8.25. The lowest BCUT2D eigenvalue weighted by Crippen LogP contribution is -1.80. The van der Waals surface area contributed by atoms with Crippen LogP contribution >= 0.6 is 0 Å². The Kier molecular flexibility index (Phi) is 2.24. The lowest BCUT2D eigenvalue weighted by molar-refractivity contribution is 1.24. The molecule has 0 N–H and O–H groups in total. The molecule has 0 saturated carbocycles. The van der Waals surface area contributed by atoms with E-state index in [1.807, 2.05) is 19.1 Å². The van der Waals surface area contributed by atoms with E-state index in [0.717, 1.165) is 12.0 Å². The molecule has 0 heterocycles. The molecule has 14 heavy (non-hydrogen) atoms. The van der Waals surface area contributed by atoms with Gasteiger partial charge in [0.25, 0.3) is 0 Å². The summed E-state index contributed by atoms with van der Waals surface area (Å²) in [7, 11) is 0. The largest absolute Gasteiger partial charge is 0.115 e. The monoisotopic (exact) mass is 180 g/mol. The minimum absolute atomic E-state index is 0.972. The first-order chi connectivity index (χ1) is 6.86. The highest BCUT2D eigenvalue weighted by Crippen LogP contribution is 2.32. The zero-order chi connectivity index (χ0) is 9.97. The van der Waals surface area contributed by atoms with Crippen molar-refractivity contribution in [2.75, 3.05) is 0 Å². The first-order valence-corrected chi connectivity index (χ1v) is 4.77. The molecule has 1 aromatic rings. The maximum atomic E-state index is 5.53. The van der Waals surface area contributed by atoms with Crippen molar-refractivity contribution in [3.8, 4) is 12.3 Å². The van der Waals surface area contributed by atoms with Gasteiger partial charge in [-0.05, 0) is 30.0 Å². The molecule has 0 amide bonds. The van der Waals surface area contributed by atoms with Crippen LogP contribution in [0.4, 0.5) is 0 Å². The fourth-order valence-corrected chi connectivity index (χ4v) is 1.90. The van der Waals surface area contributed by atoms with Crippen LogP contribution in [0.5, 0.6) is 0 Å². The molecule has 0 saturated heterocycles. The summed E-state index contributed by atoms with van der Waals surface area (Å²) in [6, 6.07) is 8.34. The van der Waals surface area contributed by atoms with Gasteiger partial charge in [0, 0.05) is 5.57 Å². The number of allylic oxidation sites excluding steroid dienone is 4. The molecule has 0 fully saturated rings. The van der Waals surface area contributed by atoms with Gasteiger partial charge in [-0.25, -0.2) is 0 Å². The minimum atomic E-state index is 0.972. The summed E-state index contributed by atoms with van der Waals surface area (Å²) in [5, 5.41) is 0. The van der Waals surface area contributed by atoms with Crippen LogP contribution in [0.25, 0.3) is 5.57 Å². The van der Waals surface area contributed by atoms with E-state index in [1.165, 1.54) is 16.7 Å². The molecule has 1 aromatic carbocycles. The van der Waals surface area contributed by atoms with E-state index < -0.39 is 0 Å². The van der Waals surface area contributed by atoms with E-state index in [0.29, 0.717) is 0 Å². The number of terminal acetylenes is 1. The third-order valence-electron chi connectivity index (χ3n) is 2.50. The van der Waals surface area contributed by atoms with Crippen LogP contribution in [0, 0.1) is 12.3 Å². The normalized spacial score (nSPS) is 14.6. The summed E-state index contributed by atoms with van der Waals surface area (Å²) in [5.41, 5.74) is 4.88. The van der Waals surface area contributed by atoms with Crippen LogP contribution in [0.3, 0.4) is 0 Å². The van der Waals surface area contributed by atoms with Crippen LogP contribution < -0.4 is 0 Å². The van der Waals surface area contributed by atoms with Crippen molar-refractivity contribution in [3.63, 3.8) is 0 Å². The predicted molar refractivity (Wildman–Crippen MR) is 60.7 cm³/mol. The van der Waals surface area contributed by atoms with Crippen LogP contribution in [0.1, 0.15) is 18.1 Å². The average Bonchev–Trinajstić information content (AvgIpc) is 2.55.